The van der Waals surface area contributed by atoms with E-state index in [9.17, 15) is 13.6 Å². The lowest BCUT2D eigenvalue weighted by atomic mass is 9.91. The quantitative estimate of drug-likeness (QED) is 0.647. The number of β-amino-alcohol motifs (C(OH)–C–C–N with tert-alkyl or cyclic N) is 1. The van der Waals surface area contributed by atoms with Crippen molar-refractivity contribution in [3.05, 3.63) is 0 Å². The number of esters is 1. The van der Waals surface area contributed by atoms with Crippen LogP contribution in [0.1, 0.15) is 12.8 Å². The highest BCUT2D eigenvalue weighted by atomic mass is 19.3. The number of methoxy groups -OCH3 is 1. The Hall–Kier alpha value is -0.790. The van der Waals surface area contributed by atoms with Crippen LogP contribution in [0.5, 0.6) is 0 Å². The van der Waals surface area contributed by atoms with Gasteiger partial charge in [0.25, 0.3) is 6.43 Å². The summed E-state index contributed by atoms with van der Waals surface area (Å²) in [6.45, 7) is 1.47. The van der Waals surface area contributed by atoms with Crippen LogP contribution in [0, 0.1) is 5.92 Å². The van der Waals surface area contributed by atoms with Gasteiger partial charge < -0.3 is 15.2 Å². The molecule has 1 heterocycles. The molecule has 2 atom stereocenters. The Morgan fingerprint density at radius 1 is 1.53 bits per heavy atom. The average Bonchev–Trinajstić information content (AvgIpc) is 2.36. The van der Waals surface area contributed by atoms with Crippen LogP contribution >= 0.6 is 0 Å². The zero-order valence-corrected chi connectivity index (χ0v) is 11.1. The summed E-state index contributed by atoms with van der Waals surface area (Å²) in [7, 11) is 1.34. The van der Waals surface area contributed by atoms with Gasteiger partial charge in [-0.2, -0.15) is 0 Å². The summed E-state index contributed by atoms with van der Waals surface area (Å²) in [4.78, 5) is 13.3. The molecule has 1 fully saturated rings. The minimum atomic E-state index is -2.38. The van der Waals surface area contributed by atoms with Gasteiger partial charge in [0, 0.05) is 32.1 Å². The van der Waals surface area contributed by atoms with Crippen LogP contribution in [-0.2, 0) is 9.53 Å². The molecule has 0 aromatic carbocycles. The third-order valence-electron chi connectivity index (χ3n) is 3.27. The largest absolute Gasteiger partial charge is 0.469 e. The number of aliphatic hydroxyl groups is 1. The van der Waals surface area contributed by atoms with Crippen molar-refractivity contribution in [3.63, 3.8) is 0 Å². The predicted octanol–water partition coefficient (Wildman–Crippen LogP) is 0.0870. The highest BCUT2D eigenvalue weighted by Gasteiger charge is 2.28. The molecular formula is C12H22F2N2O3. The molecule has 2 N–H and O–H groups in total. The minimum Gasteiger partial charge on any atom is -0.469 e. The maximum Gasteiger partial charge on any atom is 0.305 e. The number of piperidine rings is 1. The molecule has 7 heteroatoms. The van der Waals surface area contributed by atoms with E-state index in [4.69, 9.17) is 5.11 Å². The fraction of sp³-hybridized carbons (Fsp3) is 0.917. The second-order valence-electron chi connectivity index (χ2n) is 4.86. The van der Waals surface area contributed by atoms with E-state index in [1.807, 2.05) is 4.90 Å². The molecule has 0 spiro atoms. The van der Waals surface area contributed by atoms with Crippen LogP contribution in [0.4, 0.5) is 8.78 Å². The molecular weight excluding hydrogens is 258 g/mol. The minimum absolute atomic E-state index is 0.0203. The molecule has 1 aliphatic heterocycles. The molecule has 0 aromatic heterocycles. The number of hydrogen-bond acceptors (Lipinski definition) is 5. The molecule has 0 bridgehead atoms. The zero-order valence-electron chi connectivity index (χ0n) is 11.1. The Bertz CT molecular complexity index is 280. The highest BCUT2D eigenvalue weighted by Crippen LogP contribution is 2.20. The van der Waals surface area contributed by atoms with Gasteiger partial charge in [0.05, 0.1) is 20.3 Å². The Labute approximate surface area is 111 Å². The summed E-state index contributed by atoms with van der Waals surface area (Å²) < 4.78 is 29.0. The number of nitrogens with zero attached hydrogens (tertiary/aromatic N) is 1. The standard InChI is InChI=1S/C12H22F2N2O3/c1-19-12(18)5-9-4-10(15-6-11(13)14)8-16(7-9)2-3-17/h9-11,15,17H,2-8H2,1H3. The van der Waals surface area contributed by atoms with Gasteiger partial charge in [0.1, 0.15) is 0 Å². The molecule has 19 heavy (non-hydrogen) atoms. The van der Waals surface area contributed by atoms with E-state index in [0.29, 0.717) is 26.1 Å². The van der Waals surface area contributed by atoms with Gasteiger partial charge >= 0.3 is 5.97 Å². The van der Waals surface area contributed by atoms with Gasteiger partial charge in [0.15, 0.2) is 0 Å². The molecule has 0 radical (unpaired) electrons. The molecule has 0 amide bonds. The second kappa shape index (κ2) is 8.39. The third-order valence-corrected chi connectivity index (χ3v) is 3.27. The first kappa shape index (κ1) is 16.3. The molecule has 1 saturated heterocycles. The van der Waals surface area contributed by atoms with Gasteiger partial charge in [-0.15, -0.1) is 0 Å². The van der Waals surface area contributed by atoms with E-state index >= 15 is 0 Å². The number of rotatable bonds is 7. The topological polar surface area (TPSA) is 61.8 Å². The van der Waals surface area contributed by atoms with Crippen molar-refractivity contribution in [1.29, 1.82) is 0 Å². The van der Waals surface area contributed by atoms with Gasteiger partial charge in [-0.05, 0) is 12.3 Å². The summed E-state index contributed by atoms with van der Waals surface area (Å²) in [5, 5.41) is 11.8. The van der Waals surface area contributed by atoms with Crippen LogP contribution < -0.4 is 5.32 Å². The SMILES string of the molecule is COC(=O)CC1CC(NCC(F)F)CN(CCO)C1. The van der Waals surface area contributed by atoms with E-state index in [2.05, 4.69) is 10.1 Å². The van der Waals surface area contributed by atoms with E-state index in [1.165, 1.54) is 7.11 Å². The molecule has 2 unspecified atom stereocenters. The van der Waals surface area contributed by atoms with Crippen molar-refractivity contribution in [2.75, 3.05) is 39.9 Å². The van der Waals surface area contributed by atoms with Crippen molar-refractivity contribution in [1.82, 2.24) is 10.2 Å². The maximum atomic E-state index is 12.2. The summed E-state index contributed by atoms with van der Waals surface area (Å²) >= 11 is 0. The number of ether oxygens (including phenoxy) is 1. The van der Waals surface area contributed by atoms with Crippen molar-refractivity contribution in [2.45, 2.75) is 25.3 Å². The van der Waals surface area contributed by atoms with Gasteiger partial charge in [-0.3, -0.25) is 9.69 Å². The highest BCUT2D eigenvalue weighted by molar-refractivity contribution is 5.69. The Kier molecular flexibility index (Phi) is 7.19. The van der Waals surface area contributed by atoms with Crippen molar-refractivity contribution in [2.24, 2.45) is 5.92 Å². The summed E-state index contributed by atoms with van der Waals surface area (Å²) in [5.41, 5.74) is 0. The lowest BCUT2D eigenvalue weighted by Crippen LogP contribution is -2.51. The number of nitrogens with one attached hydrogen (secondary N) is 1. The molecule has 112 valence electrons. The van der Waals surface area contributed by atoms with Crippen LogP contribution in [0.15, 0.2) is 0 Å². The number of carbonyl (C=O) groups excluding carboxylic acids is 1. The van der Waals surface area contributed by atoms with E-state index in [1.54, 1.807) is 0 Å². The lowest BCUT2D eigenvalue weighted by Gasteiger charge is -2.37. The van der Waals surface area contributed by atoms with Crippen molar-refractivity contribution in [3.8, 4) is 0 Å². The Balaban J connectivity index is 2.49. The molecule has 0 aliphatic carbocycles. The number of hydrogen-bond donors (Lipinski definition) is 2. The fourth-order valence-electron chi connectivity index (χ4n) is 2.50. The van der Waals surface area contributed by atoms with Gasteiger partial charge in [0.2, 0.25) is 0 Å². The summed E-state index contributed by atoms with van der Waals surface area (Å²) in [5.74, 6) is -0.216. The van der Waals surface area contributed by atoms with Gasteiger partial charge in [-0.25, -0.2) is 8.78 Å². The first-order valence-corrected chi connectivity index (χ1v) is 6.46. The maximum absolute atomic E-state index is 12.2. The molecule has 0 aromatic rings. The monoisotopic (exact) mass is 280 g/mol. The number of halogens is 2. The van der Waals surface area contributed by atoms with E-state index in [0.717, 1.165) is 0 Å². The van der Waals surface area contributed by atoms with Crippen molar-refractivity contribution < 1.29 is 23.4 Å². The molecule has 5 nitrogen and oxygen atoms in total. The smallest absolute Gasteiger partial charge is 0.305 e. The van der Waals surface area contributed by atoms with Crippen LogP contribution in [-0.4, -0.2) is 68.3 Å². The fourth-order valence-corrected chi connectivity index (χ4v) is 2.50. The summed E-state index contributed by atoms with van der Waals surface area (Å²) in [6, 6.07) is -0.0797. The Morgan fingerprint density at radius 3 is 2.84 bits per heavy atom. The molecule has 1 rings (SSSR count). The third kappa shape index (κ3) is 6.26. The van der Waals surface area contributed by atoms with E-state index < -0.39 is 6.43 Å². The Morgan fingerprint density at radius 2 is 2.26 bits per heavy atom. The zero-order chi connectivity index (χ0) is 14.3. The summed E-state index contributed by atoms with van der Waals surface area (Å²) in [6.07, 6.45) is -1.43. The number of aliphatic hydroxyl groups excluding tert-OH is 1. The second-order valence-corrected chi connectivity index (χ2v) is 4.86. The first-order valence-electron chi connectivity index (χ1n) is 6.46. The molecule has 0 saturated carbocycles. The van der Waals surface area contributed by atoms with E-state index in [-0.39, 0.29) is 37.5 Å². The van der Waals surface area contributed by atoms with Crippen LogP contribution in [0.2, 0.25) is 0 Å². The normalized spacial score (nSPS) is 24.7. The van der Waals surface area contributed by atoms with Crippen LogP contribution in [0.3, 0.4) is 0 Å². The number of alkyl halides is 2. The predicted molar refractivity (Wildman–Crippen MR) is 66.1 cm³/mol. The van der Waals surface area contributed by atoms with Crippen LogP contribution in [0.25, 0.3) is 0 Å². The average molecular weight is 280 g/mol. The first-order chi connectivity index (χ1) is 9.05. The van der Waals surface area contributed by atoms with Crippen molar-refractivity contribution >= 4 is 5.97 Å². The molecule has 1 aliphatic rings. The number of likely N-dealkylation sites (tertiary alicyclic amines) is 1. The number of carbonyl (C=O) groups is 1. The van der Waals surface area contributed by atoms with Gasteiger partial charge in [-0.1, -0.05) is 0 Å². The lowest BCUT2D eigenvalue weighted by molar-refractivity contribution is -0.142.